The van der Waals surface area contributed by atoms with E-state index in [1.54, 1.807) is 6.21 Å². The van der Waals surface area contributed by atoms with E-state index in [9.17, 15) is 13.2 Å². The molecule has 0 radical (unpaired) electrons. The molecule has 27 heavy (non-hydrogen) atoms. The third kappa shape index (κ3) is 5.15. The van der Waals surface area contributed by atoms with E-state index in [1.807, 2.05) is 12.1 Å². The molecule has 1 amide bonds. The van der Waals surface area contributed by atoms with E-state index < -0.39 is 15.9 Å². The molecule has 1 aliphatic heterocycles. The van der Waals surface area contributed by atoms with Crippen LogP contribution >= 0.6 is 0 Å². The number of nitrogens with one attached hydrogen (secondary N) is 1. The molecule has 1 saturated heterocycles. The van der Waals surface area contributed by atoms with Crippen LogP contribution in [0.2, 0.25) is 0 Å². The number of anilines is 1. The van der Waals surface area contributed by atoms with Crippen molar-refractivity contribution in [1.29, 1.82) is 0 Å². The third-order valence-corrected chi connectivity index (χ3v) is 5.37. The van der Waals surface area contributed by atoms with Gasteiger partial charge in [0.15, 0.2) is 0 Å². The van der Waals surface area contributed by atoms with Crippen molar-refractivity contribution in [3.63, 3.8) is 0 Å². The van der Waals surface area contributed by atoms with Crippen LogP contribution in [0.5, 0.6) is 0 Å². The molecule has 0 saturated carbocycles. The second-order valence-corrected chi connectivity index (χ2v) is 7.97. The second-order valence-electron chi connectivity index (χ2n) is 6.41. The van der Waals surface area contributed by atoms with Crippen LogP contribution in [-0.2, 0) is 10.0 Å². The summed E-state index contributed by atoms with van der Waals surface area (Å²) in [4.78, 5) is 14.4. The molecule has 1 heterocycles. The Kier molecular flexibility index (Phi) is 5.88. The smallest absolute Gasteiger partial charge is 0.271 e. The van der Waals surface area contributed by atoms with Gasteiger partial charge in [-0.05, 0) is 61.2 Å². The maximum atomic E-state index is 12.0. The number of hydrogen-bond acceptors (Lipinski definition) is 5. The Balaban J connectivity index is 1.57. The van der Waals surface area contributed by atoms with Gasteiger partial charge in [0.25, 0.3) is 5.91 Å². The largest absolute Gasteiger partial charge is 0.372 e. The van der Waals surface area contributed by atoms with Gasteiger partial charge >= 0.3 is 0 Å². The predicted octanol–water partition coefficient (Wildman–Crippen LogP) is 2.09. The average molecular weight is 386 g/mol. The molecule has 8 heteroatoms. The van der Waals surface area contributed by atoms with E-state index in [1.165, 1.54) is 49.2 Å². The van der Waals surface area contributed by atoms with Gasteiger partial charge in [0.05, 0.1) is 11.1 Å². The van der Waals surface area contributed by atoms with E-state index in [-0.39, 0.29) is 4.90 Å². The molecule has 1 aliphatic rings. The number of carbonyl (C=O) groups excluding carboxylic acids is 1. The summed E-state index contributed by atoms with van der Waals surface area (Å²) in [5, 5.41) is 8.98. The van der Waals surface area contributed by atoms with Crippen molar-refractivity contribution in [1.82, 2.24) is 5.43 Å². The molecule has 3 N–H and O–H groups in total. The lowest BCUT2D eigenvalue weighted by atomic mass is 10.1. The zero-order valence-corrected chi connectivity index (χ0v) is 15.7. The van der Waals surface area contributed by atoms with Crippen LogP contribution in [0.3, 0.4) is 0 Å². The number of nitrogens with two attached hydrogens (primary N) is 1. The Morgan fingerprint density at radius 2 is 1.63 bits per heavy atom. The van der Waals surface area contributed by atoms with Gasteiger partial charge in [-0.1, -0.05) is 12.1 Å². The van der Waals surface area contributed by atoms with Gasteiger partial charge in [0.1, 0.15) is 0 Å². The lowest BCUT2D eigenvalue weighted by Gasteiger charge is -2.28. The van der Waals surface area contributed by atoms with E-state index >= 15 is 0 Å². The highest BCUT2D eigenvalue weighted by molar-refractivity contribution is 7.89. The highest BCUT2D eigenvalue weighted by Crippen LogP contribution is 2.19. The van der Waals surface area contributed by atoms with E-state index in [0.717, 1.165) is 18.7 Å². The number of primary sulfonamides is 1. The van der Waals surface area contributed by atoms with Crippen molar-refractivity contribution in [3.8, 4) is 0 Å². The molecule has 3 rings (SSSR count). The SMILES string of the molecule is NS(=O)(=O)c1ccc(C(=O)N/N=C/c2ccc(N3CCCCC3)cc2)cc1. The maximum absolute atomic E-state index is 12.0. The molecule has 0 aromatic heterocycles. The van der Waals surface area contributed by atoms with Crippen molar-refractivity contribution in [2.45, 2.75) is 24.2 Å². The third-order valence-electron chi connectivity index (χ3n) is 4.44. The fraction of sp³-hybridized carbons (Fsp3) is 0.263. The molecule has 2 aromatic carbocycles. The second kappa shape index (κ2) is 8.32. The van der Waals surface area contributed by atoms with Gasteiger partial charge in [0.2, 0.25) is 10.0 Å². The van der Waals surface area contributed by atoms with Gasteiger partial charge in [-0.15, -0.1) is 0 Å². The Morgan fingerprint density at radius 3 is 2.22 bits per heavy atom. The summed E-state index contributed by atoms with van der Waals surface area (Å²) in [6, 6.07) is 13.4. The number of sulfonamides is 1. The monoisotopic (exact) mass is 386 g/mol. The van der Waals surface area contributed by atoms with Crippen molar-refractivity contribution in [2.75, 3.05) is 18.0 Å². The molecule has 0 bridgehead atoms. The van der Waals surface area contributed by atoms with Gasteiger partial charge in [-0.25, -0.2) is 19.0 Å². The molecule has 142 valence electrons. The number of hydrazone groups is 1. The van der Waals surface area contributed by atoms with Crippen LogP contribution in [-0.4, -0.2) is 33.6 Å². The summed E-state index contributed by atoms with van der Waals surface area (Å²) < 4.78 is 22.4. The lowest BCUT2D eigenvalue weighted by Crippen LogP contribution is -2.29. The fourth-order valence-electron chi connectivity index (χ4n) is 2.95. The predicted molar refractivity (Wildman–Crippen MR) is 105 cm³/mol. The topological polar surface area (TPSA) is 105 Å². The Hall–Kier alpha value is -2.71. The summed E-state index contributed by atoms with van der Waals surface area (Å²) in [6.45, 7) is 2.18. The fourth-order valence-corrected chi connectivity index (χ4v) is 3.46. The van der Waals surface area contributed by atoms with Gasteiger partial charge < -0.3 is 4.90 Å². The molecule has 0 spiro atoms. The maximum Gasteiger partial charge on any atom is 0.271 e. The molecule has 0 atom stereocenters. The Labute approximate surface area is 158 Å². The molecule has 7 nitrogen and oxygen atoms in total. The highest BCUT2D eigenvalue weighted by atomic mass is 32.2. The Morgan fingerprint density at radius 1 is 1.00 bits per heavy atom. The molecule has 1 fully saturated rings. The molecule has 0 unspecified atom stereocenters. The number of piperidine rings is 1. The van der Waals surface area contributed by atoms with E-state index in [2.05, 4.69) is 27.6 Å². The minimum Gasteiger partial charge on any atom is -0.372 e. The first-order chi connectivity index (χ1) is 12.9. The van der Waals surface area contributed by atoms with Gasteiger partial charge in [0, 0.05) is 24.3 Å². The van der Waals surface area contributed by atoms with Crippen LogP contribution < -0.4 is 15.5 Å². The number of carbonyl (C=O) groups is 1. The molecule has 2 aromatic rings. The summed E-state index contributed by atoms with van der Waals surface area (Å²) in [6.07, 6.45) is 5.32. The minimum absolute atomic E-state index is 0.0450. The van der Waals surface area contributed by atoms with Crippen molar-refractivity contribution in [2.24, 2.45) is 10.2 Å². The van der Waals surface area contributed by atoms with Crippen LogP contribution in [0, 0.1) is 0 Å². The first-order valence-electron chi connectivity index (χ1n) is 8.75. The first-order valence-corrected chi connectivity index (χ1v) is 10.3. The lowest BCUT2D eigenvalue weighted by molar-refractivity contribution is 0.0955. The Bertz CT molecular complexity index is 916. The van der Waals surface area contributed by atoms with Crippen LogP contribution in [0.25, 0.3) is 0 Å². The van der Waals surface area contributed by atoms with Gasteiger partial charge in [-0.2, -0.15) is 5.10 Å². The van der Waals surface area contributed by atoms with E-state index in [4.69, 9.17) is 5.14 Å². The summed E-state index contributed by atoms with van der Waals surface area (Å²) >= 11 is 0. The number of amides is 1. The standard InChI is InChI=1S/C19H22N4O3S/c20-27(25,26)18-10-6-16(7-11-18)19(24)22-21-14-15-4-8-17(9-5-15)23-12-2-1-3-13-23/h4-11,14H,1-3,12-13H2,(H,22,24)(H2,20,25,26)/b21-14+. The summed E-state index contributed by atoms with van der Waals surface area (Å²) in [7, 11) is -3.77. The highest BCUT2D eigenvalue weighted by Gasteiger charge is 2.11. The zero-order chi connectivity index (χ0) is 19.3. The summed E-state index contributed by atoms with van der Waals surface area (Å²) in [5.41, 5.74) is 4.79. The molecular weight excluding hydrogens is 364 g/mol. The molecule has 0 aliphatic carbocycles. The minimum atomic E-state index is -3.77. The van der Waals surface area contributed by atoms with Crippen LogP contribution in [0.4, 0.5) is 5.69 Å². The van der Waals surface area contributed by atoms with E-state index in [0.29, 0.717) is 5.56 Å². The van der Waals surface area contributed by atoms with Crippen LogP contribution in [0.15, 0.2) is 58.5 Å². The average Bonchev–Trinajstić information content (AvgIpc) is 2.68. The first kappa shape index (κ1) is 19.1. The van der Waals surface area contributed by atoms with Gasteiger partial charge in [-0.3, -0.25) is 4.79 Å². The quantitative estimate of drug-likeness (QED) is 0.606. The normalized spacial score (nSPS) is 15.1. The zero-order valence-electron chi connectivity index (χ0n) is 14.8. The number of hydrogen-bond donors (Lipinski definition) is 2. The number of benzene rings is 2. The number of rotatable bonds is 5. The van der Waals surface area contributed by atoms with Crippen molar-refractivity contribution >= 4 is 27.8 Å². The van der Waals surface area contributed by atoms with Crippen LogP contribution in [0.1, 0.15) is 35.2 Å². The summed E-state index contributed by atoms with van der Waals surface area (Å²) in [5.74, 6) is -0.433. The molecular formula is C19H22N4O3S. The number of nitrogens with zero attached hydrogens (tertiary/aromatic N) is 2. The van der Waals surface area contributed by atoms with Crippen molar-refractivity contribution in [3.05, 3.63) is 59.7 Å². The van der Waals surface area contributed by atoms with Crippen molar-refractivity contribution < 1.29 is 13.2 Å².